The maximum atomic E-state index is 12.3. The van der Waals surface area contributed by atoms with E-state index in [1.165, 1.54) is 12.8 Å². The van der Waals surface area contributed by atoms with Gasteiger partial charge in [0.1, 0.15) is 0 Å². The van der Waals surface area contributed by atoms with Gasteiger partial charge < -0.3 is 15.7 Å². The standard InChI is InChI=1S/C18H26N2O2/c1-11-6-5-9-15(12(11)2)19-18(22)20-17-14-8-4-3-7-13(14)10-16(17)21/h3-4,7-8,11-12,15-17,21H,5-6,9-10H2,1-2H3,(H2,19,20,22)/t11-,12+,15+,16+,17-/m1/s1. The van der Waals surface area contributed by atoms with E-state index in [-0.39, 0.29) is 18.1 Å². The fourth-order valence-electron chi connectivity index (χ4n) is 3.88. The quantitative estimate of drug-likeness (QED) is 0.786. The minimum Gasteiger partial charge on any atom is -0.390 e. The first-order valence-electron chi connectivity index (χ1n) is 8.39. The second-order valence-electron chi connectivity index (χ2n) is 6.94. The van der Waals surface area contributed by atoms with E-state index in [9.17, 15) is 9.90 Å². The molecule has 0 spiro atoms. The molecule has 0 radical (unpaired) electrons. The minimum absolute atomic E-state index is 0.160. The van der Waals surface area contributed by atoms with Crippen molar-refractivity contribution in [1.82, 2.24) is 10.6 Å². The summed E-state index contributed by atoms with van der Waals surface area (Å²) in [5.74, 6) is 1.15. The molecule has 2 amide bonds. The predicted octanol–water partition coefficient (Wildman–Crippen LogP) is 2.77. The Bertz CT molecular complexity index is 546. The van der Waals surface area contributed by atoms with Crippen LogP contribution in [0.3, 0.4) is 0 Å². The average Bonchev–Trinajstić information content (AvgIpc) is 2.80. The van der Waals surface area contributed by atoms with Gasteiger partial charge in [-0.15, -0.1) is 0 Å². The zero-order valence-corrected chi connectivity index (χ0v) is 13.4. The van der Waals surface area contributed by atoms with Gasteiger partial charge >= 0.3 is 6.03 Å². The predicted molar refractivity (Wildman–Crippen MR) is 86.5 cm³/mol. The summed E-state index contributed by atoms with van der Waals surface area (Å²) in [6, 6.07) is 7.70. The first-order valence-corrected chi connectivity index (χ1v) is 8.39. The number of hydrogen-bond acceptors (Lipinski definition) is 2. The van der Waals surface area contributed by atoms with Gasteiger partial charge in [-0.05, 0) is 29.4 Å². The maximum Gasteiger partial charge on any atom is 0.315 e. The monoisotopic (exact) mass is 302 g/mol. The molecule has 0 unspecified atom stereocenters. The zero-order chi connectivity index (χ0) is 15.7. The Balaban J connectivity index is 1.62. The summed E-state index contributed by atoms with van der Waals surface area (Å²) in [6.45, 7) is 4.47. The number of rotatable bonds is 2. The highest BCUT2D eigenvalue weighted by atomic mass is 16.3. The van der Waals surface area contributed by atoms with Crippen molar-refractivity contribution >= 4 is 6.03 Å². The molecule has 2 aliphatic rings. The molecule has 5 atom stereocenters. The lowest BCUT2D eigenvalue weighted by molar-refractivity contribution is 0.139. The molecule has 0 aromatic heterocycles. The third-order valence-electron chi connectivity index (χ3n) is 5.51. The number of urea groups is 1. The highest BCUT2D eigenvalue weighted by Gasteiger charge is 2.33. The highest BCUT2D eigenvalue weighted by molar-refractivity contribution is 5.75. The Morgan fingerprint density at radius 1 is 1.18 bits per heavy atom. The van der Waals surface area contributed by atoms with Gasteiger partial charge in [0.15, 0.2) is 0 Å². The van der Waals surface area contributed by atoms with Gasteiger partial charge in [-0.3, -0.25) is 0 Å². The maximum absolute atomic E-state index is 12.3. The van der Waals surface area contributed by atoms with Crippen LogP contribution in [0.15, 0.2) is 24.3 Å². The number of amides is 2. The van der Waals surface area contributed by atoms with Crippen LogP contribution in [-0.2, 0) is 6.42 Å². The lowest BCUT2D eigenvalue weighted by Crippen LogP contribution is -2.49. The summed E-state index contributed by atoms with van der Waals surface area (Å²) >= 11 is 0. The molecular weight excluding hydrogens is 276 g/mol. The van der Waals surface area contributed by atoms with Crippen molar-refractivity contribution in [2.45, 2.75) is 57.7 Å². The van der Waals surface area contributed by atoms with E-state index in [2.05, 4.69) is 24.5 Å². The lowest BCUT2D eigenvalue weighted by Gasteiger charge is -2.35. The normalized spacial score (nSPS) is 34.0. The van der Waals surface area contributed by atoms with Crippen LogP contribution >= 0.6 is 0 Å². The molecule has 120 valence electrons. The summed E-state index contributed by atoms with van der Waals surface area (Å²) in [6.07, 6.45) is 3.53. The molecule has 0 heterocycles. The minimum atomic E-state index is -0.536. The average molecular weight is 302 g/mol. The number of aliphatic hydroxyl groups excluding tert-OH is 1. The molecule has 1 aromatic rings. The van der Waals surface area contributed by atoms with Gasteiger partial charge in [0.25, 0.3) is 0 Å². The summed E-state index contributed by atoms with van der Waals surface area (Å²) in [4.78, 5) is 12.3. The lowest BCUT2D eigenvalue weighted by atomic mass is 9.78. The van der Waals surface area contributed by atoms with E-state index in [0.29, 0.717) is 18.3 Å². The van der Waals surface area contributed by atoms with Gasteiger partial charge in [0.05, 0.1) is 12.1 Å². The molecule has 1 saturated carbocycles. The van der Waals surface area contributed by atoms with E-state index in [1.54, 1.807) is 0 Å². The van der Waals surface area contributed by atoms with Crippen molar-refractivity contribution < 1.29 is 9.90 Å². The molecular formula is C18H26N2O2. The smallest absolute Gasteiger partial charge is 0.315 e. The van der Waals surface area contributed by atoms with Gasteiger partial charge in [-0.25, -0.2) is 4.79 Å². The number of aliphatic hydroxyl groups is 1. The van der Waals surface area contributed by atoms with Crippen LogP contribution in [-0.4, -0.2) is 23.3 Å². The van der Waals surface area contributed by atoms with Gasteiger partial charge in [0, 0.05) is 12.5 Å². The third-order valence-corrected chi connectivity index (χ3v) is 5.51. The topological polar surface area (TPSA) is 61.4 Å². The van der Waals surface area contributed by atoms with Gasteiger partial charge in [0.2, 0.25) is 0 Å². The Kier molecular flexibility index (Phi) is 4.39. The molecule has 4 nitrogen and oxygen atoms in total. The number of carbonyl (C=O) groups excluding carboxylic acids is 1. The Labute approximate surface area is 132 Å². The molecule has 22 heavy (non-hydrogen) atoms. The van der Waals surface area contributed by atoms with Crippen molar-refractivity contribution in [2.75, 3.05) is 0 Å². The molecule has 1 aromatic carbocycles. The van der Waals surface area contributed by atoms with Crippen LogP contribution in [0, 0.1) is 11.8 Å². The van der Waals surface area contributed by atoms with E-state index in [1.807, 2.05) is 24.3 Å². The second kappa shape index (κ2) is 6.29. The second-order valence-corrected chi connectivity index (χ2v) is 6.94. The van der Waals surface area contributed by atoms with Crippen LogP contribution in [0.25, 0.3) is 0 Å². The first kappa shape index (κ1) is 15.3. The molecule has 0 aliphatic heterocycles. The first-order chi connectivity index (χ1) is 10.6. The molecule has 3 rings (SSSR count). The van der Waals surface area contributed by atoms with Crippen molar-refractivity contribution in [3.05, 3.63) is 35.4 Å². The van der Waals surface area contributed by atoms with Crippen LogP contribution in [0.1, 0.15) is 50.3 Å². The van der Waals surface area contributed by atoms with Crippen molar-refractivity contribution in [3.8, 4) is 0 Å². The summed E-state index contributed by atoms with van der Waals surface area (Å²) in [5, 5.41) is 16.3. The largest absolute Gasteiger partial charge is 0.390 e. The molecule has 2 aliphatic carbocycles. The van der Waals surface area contributed by atoms with Crippen molar-refractivity contribution in [2.24, 2.45) is 11.8 Å². The highest BCUT2D eigenvalue weighted by Crippen LogP contribution is 2.32. The fraction of sp³-hybridized carbons (Fsp3) is 0.611. The number of carbonyl (C=O) groups is 1. The Hall–Kier alpha value is -1.55. The SMILES string of the molecule is C[C@H]1[C@H](C)CCC[C@@H]1NC(=O)N[C@@H]1c2ccccc2C[C@@H]1O. The molecule has 0 bridgehead atoms. The third kappa shape index (κ3) is 2.98. The van der Waals surface area contributed by atoms with Crippen LogP contribution < -0.4 is 10.6 Å². The van der Waals surface area contributed by atoms with Crippen LogP contribution in [0.2, 0.25) is 0 Å². The van der Waals surface area contributed by atoms with E-state index >= 15 is 0 Å². The molecule has 3 N–H and O–H groups in total. The van der Waals surface area contributed by atoms with Gasteiger partial charge in [-0.1, -0.05) is 51.0 Å². The van der Waals surface area contributed by atoms with Gasteiger partial charge in [-0.2, -0.15) is 0 Å². The summed E-state index contributed by atoms with van der Waals surface area (Å²) < 4.78 is 0. The molecule has 0 saturated heterocycles. The zero-order valence-electron chi connectivity index (χ0n) is 13.4. The fourth-order valence-corrected chi connectivity index (χ4v) is 3.88. The van der Waals surface area contributed by atoms with Crippen molar-refractivity contribution in [1.29, 1.82) is 0 Å². The van der Waals surface area contributed by atoms with Crippen LogP contribution in [0.4, 0.5) is 4.79 Å². The van der Waals surface area contributed by atoms with E-state index in [0.717, 1.165) is 17.5 Å². The number of nitrogens with one attached hydrogen (secondary N) is 2. The van der Waals surface area contributed by atoms with Crippen LogP contribution in [0.5, 0.6) is 0 Å². The van der Waals surface area contributed by atoms with E-state index in [4.69, 9.17) is 0 Å². The Morgan fingerprint density at radius 2 is 1.95 bits per heavy atom. The van der Waals surface area contributed by atoms with Crippen molar-refractivity contribution in [3.63, 3.8) is 0 Å². The molecule has 4 heteroatoms. The molecule has 1 fully saturated rings. The number of hydrogen-bond donors (Lipinski definition) is 3. The number of fused-ring (bicyclic) bond motifs is 1. The summed E-state index contributed by atoms with van der Waals surface area (Å²) in [7, 11) is 0. The Morgan fingerprint density at radius 3 is 2.77 bits per heavy atom. The summed E-state index contributed by atoms with van der Waals surface area (Å²) in [5.41, 5.74) is 2.16. The van der Waals surface area contributed by atoms with E-state index < -0.39 is 6.10 Å². The number of benzene rings is 1.